The molecule has 0 saturated heterocycles. The molecule has 0 aliphatic heterocycles. The molecule has 0 unspecified atom stereocenters. The molecule has 2 aliphatic rings. The average Bonchev–Trinajstić information content (AvgIpc) is 2.93. The van der Waals surface area contributed by atoms with Gasteiger partial charge in [0.2, 0.25) is 0 Å². The number of fused-ring (bicyclic) bond motifs is 1. The normalized spacial score (nSPS) is 24.1. The molecular formula is C18H20O3. The van der Waals surface area contributed by atoms with E-state index in [0.29, 0.717) is 6.42 Å². The van der Waals surface area contributed by atoms with Crippen LogP contribution in [0.5, 0.6) is 0 Å². The van der Waals surface area contributed by atoms with Crippen molar-refractivity contribution in [3.05, 3.63) is 47.0 Å². The number of hydrogen-bond donors (Lipinski definition) is 0. The average molecular weight is 284 g/mol. The van der Waals surface area contributed by atoms with Gasteiger partial charge in [-0.25, -0.2) is 0 Å². The third-order valence-electron chi connectivity index (χ3n) is 4.63. The number of ether oxygens (including phenoxy) is 1. The molecule has 0 bridgehead atoms. The Balaban J connectivity index is 1.97. The fraction of sp³-hybridized carbons (Fsp3) is 0.444. The summed E-state index contributed by atoms with van der Waals surface area (Å²) in [5.74, 6) is -0.892. The van der Waals surface area contributed by atoms with Crippen molar-refractivity contribution < 1.29 is 14.3 Å². The lowest BCUT2D eigenvalue weighted by Crippen LogP contribution is -2.27. The van der Waals surface area contributed by atoms with Crippen LogP contribution in [0.25, 0.3) is 0 Å². The second kappa shape index (κ2) is 5.84. The molecule has 0 saturated carbocycles. The minimum absolute atomic E-state index is 0.120. The first kappa shape index (κ1) is 14.1. The lowest BCUT2D eigenvalue weighted by Gasteiger charge is -2.20. The van der Waals surface area contributed by atoms with Crippen LogP contribution in [-0.2, 0) is 20.7 Å². The van der Waals surface area contributed by atoms with Gasteiger partial charge in [0, 0.05) is 0 Å². The molecule has 3 heteroatoms. The number of ketones is 1. The second-order valence-electron chi connectivity index (χ2n) is 5.85. The van der Waals surface area contributed by atoms with E-state index in [1.807, 2.05) is 24.3 Å². The fourth-order valence-corrected chi connectivity index (χ4v) is 3.55. The van der Waals surface area contributed by atoms with Crippen LogP contribution in [-0.4, -0.2) is 18.9 Å². The molecule has 110 valence electrons. The third-order valence-corrected chi connectivity index (χ3v) is 4.63. The molecular weight excluding hydrogens is 264 g/mol. The van der Waals surface area contributed by atoms with Gasteiger partial charge in [0.05, 0.1) is 18.9 Å². The van der Waals surface area contributed by atoms with E-state index in [1.165, 1.54) is 7.11 Å². The van der Waals surface area contributed by atoms with Gasteiger partial charge in [-0.1, -0.05) is 30.3 Å². The number of esters is 1. The Morgan fingerprint density at radius 1 is 1.19 bits per heavy atom. The van der Waals surface area contributed by atoms with Gasteiger partial charge in [0.25, 0.3) is 0 Å². The van der Waals surface area contributed by atoms with Crippen molar-refractivity contribution in [2.24, 2.45) is 5.92 Å². The van der Waals surface area contributed by atoms with Gasteiger partial charge in [0.15, 0.2) is 5.78 Å². The number of Topliss-reactive ketones (excluding diaryl/α,β-unsaturated/α-hetero) is 1. The van der Waals surface area contributed by atoms with Crippen molar-refractivity contribution in [1.29, 1.82) is 0 Å². The summed E-state index contributed by atoms with van der Waals surface area (Å²) in [6.07, 6.45) is 6.69. The van der Waals surface area contributed by atoms with Gasteiger partial charge < -0.3 is 4.74 Å². The molecule has 0 aromatic heterocycles. The number of carbonyl (C=O) groups excluding carboxylic acids is 2. The highest BCUT2D eigenvalue weighted by Gasteiger charge is 2.42. The molecule has 2 aliphatic carbocycles. The first-order valence-electron chi connectivity index (χ1n) is 7.61. The van der Waals surface area contributed by atoms with E-state index in [9.17, 15) is 9.59 Å². The van der Waals surface area contributed by atoms with Gasteiger partial charge in [-0.2, -0.15) is 0 Å². The van der Waals surface area contributed by atoms with Crippen molar-refractivity contribution in [3.63, 3.8) is 0 Å². The fourth-order valence-electron chi connectivity index (χ4n) is 3.55. The zero-order valence-electron chi connectivity index (χ0n) is 12.3. The summed E-state index contributed by atoms with van der Waals surface area (Å²) in [5.41, 5.74) is 3.00. The monoisotopic (exact) mass is 284 g/mol. The lowest BCUT2D eigenvalue weighted by atomic mass is 9.82. The number of hydrogen-bond acceptors (Lipinski definition) is 3. The lowest BCUT2D eigenvalue weighted by molar-refractivity contribution is -0.147. The molecule has 0 amide bonds. The Morgan fingerprint density at radius 2 is 2.00 bits per heavy atom. The Labute approximate surface area is 125 Å². The SMILES string of the molecule is COC(=O)[C@H]1Cc2ccccc2[C@@H]1C(=O)C1=CCCCC1. The number of methoxy groups -OCH3 is 1. The highest BCUT2D eigenvalue weighted by atomic mass is 16.5. The van der Waals surface area contributed by atoms with Gasteiger partial charge in [-0.15, -0.1) is 0 Å². The molecule has 3 nitrogen and oxygen atoms in total. The van der Waals surface area contributed by atoms with Crippen molar-refractivity contribution in [1.82, 2.24) is 0 Å². The van der Waals surface area contributed by atoms with Crippen LogP contribution in [0.1, 0.15) is 42.7 Å². The van der Waals surface area contributed by atoms with Crippen LogP contribution < -0.4 is 0 Å². The number of rotatable bonds is 3. The standard InChI is InChI=1S/C18H20O3/c1-21-18(20)15-11-13-9-5-6-10-14(13)16(15)17(19)12-7-3-2-4-8-12/h5-7,9-10,15-16H,2-4,8,11H2,1H3/t15-,16-/m0/s1. The van der Waals surface area contributed by atoms with Crippen molar-refractivity contribution >= 4 is 11.8 Å². The summed E-state index contributed by atoms with van der Waals surface area (Å²) in [6.45, 7) is 0. The smallest absolute Gasteiger partial charge is 0.310 e. The summed E-state index contributed by atoms with van der Waals surface area (Å²) in [5, 5.41) is 0. The Morgan fingerprint density at radius 3 is 2.71 bits per heavy atom. The van der Waals surface area contributed by atoms with E-state index in [0.717, 1.165) is 42.4 Å². The summed E-state index contributed by atoms with van der Waals surface area (Å²) in [7, 11) is 1.40. The second-order valence-corrected chi connectivity index (χ2v) is 5.85. The Kier molecular flexibility index (Phi) is 3.91. The van der Waals surface area contributed by atoms with E-state index >= 15 is 0 Å². The topological polar surface area (TPSA) is 43.4 Å². The first-order chi connectivity index (χ1) is 10.2. The van der Waals surface area contributed by atoms with E-state index in [4.69, 9.17) is 4.74 Å². The molecule has 1 aromatic rings. The van der Waals surface area contributed by atoms with Crippen LogP contribution in [0, 0.1) is 5.92 Å². The van der Waals surface area contributed by atoms with E-state index in [1.54, 1.807) is 0 Å². The van der Waals surface area contributed by atoms with Crippen LogP contribution in [0.2, 0.25) is 0 Å². The highest BCUT2D eigenvalue weighted by Crippen LogP contribution is 2.41. The molecule has 1 aromatic carbocycles. The maximum atomic E-state index is 12.9. The van der Waals surface area contributed by atoms with Gasteiger partial charge >= 0.3 is 5.97 Å². The van der Waals surface area contributed by atoms with Crippen LogP contribution >= 0.6 is 0 Å². The quantitative estimate of drug-likeness (QED) is 0.801. The van der Waals surface area contributed by atoms with Gasteiger partial charge in [0.1, 0.15) is 0 Å². The van der Waals surface area contributed by atoms with Crippen LogP contribution in [0.15, 0.2) is 35.9 Å². The van der Waals surface area contributed by atoms with Crippen LogP contribution in [0.3, 0.4) is 0 Å². The molecule has 0 radical (unpaired) electrons. The van der Waals surface area contributed by atoms with Crippen molar-refractivity contribution in [2.45, 2.75) is 38.0 Å². The minimum atomic E-state index is -0.372. The van der Waals surface area contributed by atoms with Crippen LogP contribution in [0.4, 0.5) is 0 Å². The Hall–Kier alpha value is -1.90. The number of carbonyl (C=O) groups is 2. The van der Waals surface area contributed by atoms with Gasteiger partial charge in [-0.05, 0) is 48.8 Å². The van der Waals surface area contributed by atoms with Crippen molar-refractivity contribution in [3.8, 4) is 0 Å². The molecule has 0 heterocycles. The zero-order valence-corrected chi connectivity index (χ0v) is 12.3. The summed E-state index contributed by atoms with van der Waals surface area (Å²) in [6, 6.07) is 7.88. The Bertz CT molecular complexity index is 600. The first-order valence-corrected chi connectivity index (χ1v) is 7.61. The number of allylic oxidation sites excluding steroid dienone is 2. The molecule has 3 rings (SSSR count). The molecule has 2 atom stereocenters. The maximum absolute atomic E-state index is 12.9. The molecule has 0 N–H and O–H groups in total. The van der Waals surface area contributed by atoms with E-state index in [-0.39, 0.29) is 23.6 Å². The van der Waals surface area contributed by atoms with E-state index < -0.39 is 0 Å². The summed E-state index contributed by atoms with van der Waals surface area (Å²) >= 11 is 0. The highest BCUT2D eigenvalue weighted by molar-refractivity contribution is 6.03. The van der Waals surface area contributed by atoms with Gasteiger partial charge in [-0.3, -0.25) is 9.59 Å². The predicted molar refractivity (Wildman–Crippen MR) is 80.0 cm³/mol. The minimum Gasteiger partial charge on any atom is -0.469 e. The molecule has 0 spiro atoms. The molecule has 0 fully saturated rings. The zero-order chi connectivity index (χ0) is 14.8. The van der Waals surface area contributed by atoms with Crippen molar-refractivity contribution in [2.75, 3.05) is 7.11 Å². The summed E-state index contributed by atoms with van der Waals surface area (Å²) in [4.78, 5) is 25.0. The summed E-state index contributed by atoms with van der Waals surface area (Å²) < 4.78 is 4.92. The maximum Gasteiger partial charge on any atom is 0.310 e. The van der Waals surface area contributed by atoms with E-state index in [2.05, 4.69) is 6.08 Å². The predicted octanol–water partition coefficient (Wildman–Crippen LogP) is 3.19. The number of benzene rings is 1. The molecule has 21 heavy (non-hydrogen) atoms. The third kappa shape index (κ3) is 2.53. The largest absolute Gasteiger partial charge is 0.469 e.